The quantitative estimate of drug-likeness (QED) is 0.912. The van der Waals surface area contributed by atoms with Gasteiger partial charge in [-0.15, -0.1) is 0 Å². The Bertz CT molecular complexity index is 608. The molecule has 5 heteroatoms. The maximum atomic E-state index is 11.9. The van der Waals surface area contributed by atoms with E-state index >= 15 is 0 Å². The van der Waals surface area contributed by atoms with Crippen LogP contribution in [0.2, 0.25) is 0 Å². The Balaban J connectivity index is 1.89. The molecule has 2 aromatic rings. The van der Waals surface area contributed by atoms with Gasteiger partial charge in [-0.2, -0.15) is 0 Å². The molecule has 20 heavy (non-hydrogen) atoms. The monoisotopic (exact) mass is 336 g/mol. The Morgan fingerprint density at radius 3 is 2.80 bits per heavy atom. The highest BCUT2D eigenvalue weighted by atomic mass is 79.9. The Morgan fingerprint density at radius 2 is 2.20 bits per heavy atom. The van der Waals surface area contributed by atoms with Crippen molar-refractivity contribution in [3.05, 3.63) is 52.3 Å². The number of aromatic nitrogens is 1. The molecule has 0 unspecified atom stereocenters. The number of nitrogens with zero attached hydrogens (tertiary/aromatic N) is 1. The van der Waals surface area contributed by atoms with Crippen LogP contribution in [0.15, 0.2) is 41.0 Å². The topological polar surface area (TPSA) is 43.3 Å². The number of nitrogens with one attached hydrogen (secondary N) is 1. The van der Waals surface area contributed by atoms with E-state index in [0.717, 1.165) is 22.2 Å². The van der Waals surface area contributed by atoms with Crippen LogP contribution in [0.5, 0.6) is 5.75 Å². The number of hydrogen-bond acceptors (Lipinski definition) is 2. The summed E-state index contributed by atoms with van der Waals surface area (Å²) in [5.74, 6) is 0.756. The van der Waals surface area contributed by atoms with Crippen LogP contribution in [0.3, 0.4) is 0 Å². The predicted octanol–water partition coefficient (Wildman–Crippen LogP) is 2.77. The Labute approximate surface area is 126 Å². The summed E-state index contributed by atoms with van der Waals surface area (Å²) >= 11 is 3.45. The largest absolute Gasteiger partial charge is 0.496 e. The number of halogens is 1. The zero-order chi connectivity index (χ0) is 14.5. The molecule has 1 amide bonds. The van der Waals surface area contributed by atoms with Crippen LogP contribution >= 0.6 is 15.9 Å². The molecule has 1 aromatic carbocycles. The summed E-state index contributed by atoms with van der Waals surface area (Å²) in [7, 11) is 3.50. The number of rotatable bonds is 5. The van der Waals surface area contributed by atoms with Crippen molar-refractivity contribution in [2.75, 3.05) is 13.7 Å². The third-order valence-electron chi connectivity index (χ3n) is 3.09. The standard InChI is InChI=1S/C15H17BrN2O2/c1-18-9-3-4-13(18)15(19)17-8-7-11-5-6-14(20-2)12(16)10-11/h3-6,9-10H,7-8H2,1-2H3,(H,17,19). The van der Waals surface area contributed by atoms with Gasteiger partial charge in [-0.25, -0.2) is 0 Å². The van der Waals surface area contributed by atoms with Gasteiger partial charge in [0.1, 0.15) is 11.4 Å². The van der Waals surface area contributed by atoms with Gasteiger partial charge < -0.3 is 14.6 Å². The number of benzene rings is 1. The van der Waals surface area contributed by atoms with Crippen molar-refractivity contribution in [3.8, 4) is 5.75 Å². The first kappa shape index (κ1) is 14.7. The van der Waals surface area contributed by atoms with E-state index in [9.17, 15) is 4.79 Å². The second-order valence-corrected chi connectivity index (χ2v) is 5.33. The summed E-state index contributed by atoms with van der Waals surface area (Å²) in [6.07, 6.45) is 2.63. The highest BCUT2D eigenvalue weighted by Crippen LogP contribution is 2.25. The maximum absolute atomic E-state index is 11.9. The Kier molecular flexibility index (Phi) is 4.84. The van der Waals surface area contributed by atoms with Gasteiger partial charge in [0.15, 0.2) is 0 Å². The fourth-order valence-corrected chi connectivity index (χ4v) is 2.56. The third-order valence-corrected chi connectivity index (χ3v) is 3.71. The fraction of sp³-hybridized carbons (Fsp3) is 0.267. The number of carbonyl (C=O) groups excluding carboxylic acids is 1. The summed E-state index contributed by atoms with van der Waals surface area (Å²) in [6, 6.07) is 9.58. The molecule has 0 bridgehead atoms. The predicted molar refractivity (Wildman–Crippen MR) is 82.1 cm³/mol. The van der Waals surface area contributed by atoms with Crippen LogP contribution in [0.1, 0.15) is 16.1 Å². The van der Waals surface area contributed by atoms with Gasteiger partial charge in [0, 0.05) is 19.8 Å². The molecule has 0 saturated carbocycles. The molecule has 1 N–H and O–H groups in total. The van der Waals surface area contributed by atoms with E-state index in [4.69, 9.17) is 4.74 Å². The van der Waals surface area contributed by atoms with E-state index < -0.39 is 0 Å². The van der Waals surface area contributed by atoms with Gasteiger partial charge in [-0.3, -0.25) is 4.79 Å². The first-order chi connectivity index (χ1) is 9.61. The molecule has 0 aliphatic rings. The Hall–Kier alpha value is -1.75. The lowest BCUT2D eigenvalue weighted by Crippen LogP contribution is -2.27. The van der Waals surface area contributed by atoms with Crippen LogP contribution in [0.25, 0.3) is 0 Å². The minimum Gasteiger partial charge on any atom is -0.496 e. The molecule has 2 rings (SSSR count). The molecular weight excluding hydrogens is 320 g/mol. The molecular formula is C15H17BrN2O2. The van der Waals surface area contributed by atoms with E-state index in [1.165, 1.54) is 0 Å². The normalized spacial score (nSPS) is 10.3. The average molecular weight is 337 g/mol. The van der Waals surface area contributed by atoms with Crippen molar-refractivity contribution in [3.63, 3.8) is 0 Å². The van der Waals surface area contributed by atoms with E-state index in [1.54, 1.807) is 17.7 Å². The minimum atomic E-state index is -0.0509. The molecule has 0 atom stereocenters. The van der Waals surface area contributed by atoms with Crippen LogP contribution in [0, 0.1) is 0 Å². The van der Waals surface area contributed by atoms with E-state index in [0.29, 0.717) is 12.2 Å². The van der Waals surface area contributed by atoms with E-state index in [1.807, 2.05) is 37.5 Å². The van der Waals surface area contributed by atoms with E-state index in [-0.39, 0.29) is 5.91 Å². The maximum Gasteiger partial charge on any atom is 0.267 e. The van der Waals surface area contributed by atoms with Crippen LogP contribution in [0.4, 0.5) is 0 Å². The lowest BCUT2D eigenvalue weighted by Gasteiger charge is -2.08. The minimum absolute atomic E-state index is 0.0509. The van der Waals surface area contributed by atoms with Gasteiger partial charge >= 0.3 is 0 Å². The number of carbonyl (C=O) groups is 1. The number of hydrogen-bond donors (Lipinski definition) is 1. The molecule has 1 heterocycles. The van der Waals surface area contributed by atoms with Gasteiger partial charge in [-0.05, 0) is 52.2 Å². The van der Waals surface area contributed by atoms with Gasteiger partial charge in [0.25, 0.3) is 5.91 Å². The number of methoxy groups -OCH3 is 1. The zero-order valence-electron chi connectivity index (χ0n) is 11.5. The second-order valence-electron chi connectivity index (χ2n) is 4.48. The summed E-state index contributed by atoms with van der Waals surface area (Å²) in [4.78, 5) is 11.9. The molecule has 0 saturated heterocycles. The lowest BCUT2D eigenvalue weighted by molar-refractivity contribution is 0.0946. The summed E-state index contributed by atoms with van der Waals surface area (Å²) in [6.45, 7) is 0.600. The van der Waals surface area contributed by atoms with Crippen molar-refractivity contribution in [2.45, 2.75) is 6.42 Å². The molecule has 106 valence electrons. The lowest BCUT2D eigenvalue weighted by atomic mass is 10.1. The molecule has 0 fully saturated rings. The molecule has 0 aliphatic carbocycles. The fourth-order valence-electron chi connectivity index (χ4n) is 1.97. The second kappa shape index (κ2) is 6.61. The smallest absolute Gasteiger partial charge is 0.267 e. The van der Waals surface area contributed by atoms with Crippen LogP contribution in [-0.2, 0) is 13.5 Å². The molecule has 1 aromatic heterocycles. The first-order valence-corrected chi connectivity index (χ1v) is 7.13. The number of aryl methyl sites for hydroxylation is 1. The zero-order valence-corrected chi connectivity index (χ0v) is 13.1. The number of ether oxygens (including phenoxy) is 1. The van der Waals surface area contributed by atoms with Crippen LogP contribution < -0.4 is 10.1 Å². The van der Waals surface area contributed by atoms with Crippen molar-refractivity contribution in [1.29, 1.82) is 0 Å². The van der Waals surface area contributed by atoms with Crippen LogP contribution in [-0.4, -0.2) is 24.1 Å². The average Bonchev–Trinajstić information content (AvgIpc) is 2.85. The van der Waals surface area contributed by atoms with Gasteiger partial charge in [-0.1, -0.05) is 6.07 Å². The van der Waals surface area contributed by atoms with Crippen molar-refractivity contribution < 1.29 is 9.53 Å². The van der Waals surface area contributed by atoms with Crippen molar-refractivity contribution >= 4 is 21.8 Å². The summed E-state index contributed by atoms with van der Waals surface area (Å²) < 4.78 is 7.91. The SMILES string of the molecule is COc1ccc(CCNC(=O)c2cccn2C)cc1Br. The first-order valence-electron chi connectivity index (χ1n) is 6.33. The summed E-state index contributed by atoms with van der Waals surface area (Å²) in [5.41, 5.74) is 1.81. The summed E-state index contributed by atoms with van der Waals surface area (Å²) in [5, 5.41) is 2.92. The van der Waals surface area contributed by atoms with Gasteiger partial charge in [0.2, 0.25) is 0 Å². The molecule has 0 spiro atoms. The van der Waals surface area contributed by atoms with Gasteiger partial charge in [0.05, 0.1) is 11.6 Å². The van der Waals surface area contributed by atoms with Crippen molar-refractivity contribution in [1.82, 2.24) is 9.88 Å². The molecule has 0 aliphatic heterocycles. The van der Waals surface area contributed by atoms with E-state index in [2.05, 4.69) is 21.2 Å². The molecule has 0 radical (unpaired) electrons. The van der Waals surface area contributed by atoms with Crippen molar-refractivity contribution in [2.24, 2.45) is 7.05 Å². The highest BCUT2D eigenvalue weighted by Gasteiger charge is 2.08. The molecule has 4 nitrogen and oxygen atoms in total. The number of amides is 1. The highest BCUT2D eigenvalue weighted by molar-refractivity contribution is 9.10. The third kappa shape index (κ3) is 3.42. The Morgan fingerprint density at radius 1 is 1.40 bits per heavy atom.